The van der Waals surface area contributed by atoms with Crippen LogP contribution in [0.1, 0.15) is 42.3 Å². The number of likely N-dealkylation sites (N-methyl/N-ethyl adjacent to an activating group) is 1. The quantitative estimate of drug-likeness (QED) is 0.342. The third-order valence-corrected chi connectivity index (χ3v) is 8.79. The maximum atomic E-state index is 14.0. The van der Waals surface area contributed by atoms with E-state index in [0.717, 1.165) is 11.1 Å². The first-order valence-electron chi connectivity index (χ1n) is 15.4. The van der Waals surface area contributed by atoms with E-state index >= 15 is 0 Å². The van der Waals surface area contributed by atoms with Crippen molar-refractivity contribution in [1.82, 2.24) is 30.2 Å². The molecule has 11 nitrogen and oxygen atoms in total. The van der Waals surface area contributed by atoms with Crippen LogP contribution in [-0.2, 0) is 32.3 Å². The molecule has 11 heteroatoms. The minimum absolute atomic E-state index is 0.0120. The molecule has 2 aliphatic heterocycles. The first-order valence-corrected chi connectivity index (χ1v) is 15.4. The molecule has 2 N–H and O–H groups in total. The largest absolute Gasteiger partial charge is 0.371 e. The van der Waals surface area contributed by atoms with E-state index in [4.69, 9.17) is 4.74 Å². The number of benzene rings is 2. The molecule has 3 aromatic rings. The number of hydrogen-bond donors (Lipinski definition) is 2. The Morgan fingerprint density at radius 2 is 1.56 bits per heavy atom. The van der Waals surface area contributed by atoms with Gasteiger partial charge in [0.1, 0.15) is 6.04 Å². The third kappa shape index (κ3) is 7.09. The molecule has 0 bridgehead atoms. The molecule has 2 saturated heterocycles. The van der Waals surface area contributed by atoms with E-state index < -0.39 is 23.5 Å². The lowest BCUT2D eigenvalue weighted by Crippen LogP contribution is -2.65. The molecule has 5 rings (SSSR count). The molecule has 4 amide bonds. The van der Waals surface area contributed by atoms with Crippen molar-refractivity contribution in [2.24, 2.45) is 17.3 Å². The summed E-state index contributed by atoms with van der Waals surface area (Å²) >= 11 is 0. The second-order valence-electron chi connectivity index (χ2n) is 12.5. The molecule has 2 aromatic carbocycles. The van der Waals surface area contributed by atoms with Crippen LogP contribution in [0.4, 0.5) is 0 Å². The average Bonchev–Trinajstić information content (AvgIpc) is 3.67. The van der Waals surface area contributed by atoms with Crippen LogP contribution in [0.3, 0.4) is 0 Å². The SMILES string of the molecule is CNC(=O)[C@@H](NC(=O)[C@@H]1CN(C(=O)c2cnn(Cc3ccccc3)c2)CC12CN(C(=O)C(C)C)C2)[C@@H](C)OCc1ccccc1. The second kappa shape index (κ2) is 13.6. The number of nitrogens with one attached hydrogen (secondary N) is 2. The fraction of sp³-hybridized carbons (Fsp3) is 0.441. The highest BCUT2D eigenvalue weighted by molar-refractivity contribution is 5.95. The van der Waals surface area contributed by atoms with Crippen molar-refractivity contribution in [3.8, 4) is 0 Å². The van der Waals surface area contributed by atoms with Crippen LogP contribution in [0.5, 0.6) is 0 Å². The molecule has 0 saturated carbocycles. The molecular formula is C34H42N6O5. The summed E-state index contributed by atoms with van der Waals surface area (Å²) < 4.78 is 7.72. The van der Waals surface area contributed by atoms with Crippen LogP contribution < -0.4 is 10.6 Å². The van der Waals surface area contributed by atoms with E-state index in [2.05, 4.69) is 15.7 Å². The molecule has 238 valence electrons. The van der Waals surface area contributed by atoms with E-state index in [1.807, 2.05) is 74.5 Å². The first-order chi connectivity index (χ1) is 21.6. The monoisotopic (exact) mass is 614 g/mol. The van der Waals surface area contributed by atoms with Gasteiger partial charge in [0.15, 0.2) is 0 Å². The summed E-state index contributed by atoms with van der Waals surface area (Å²) in [5.74, 6) is -1.72. The van der Waals surface area contributed by atoms with Crippen molar-refractivity contribution < 1.29 is 23.9 Å². The molecule has 0 unspecified atom stereocenters. The smallest absolute Gasteiger partial charge is 0.257 e. The van der Waals surface area contributed by atoms with Crippen molar-refractivity contribution in [2.45, 2.75) is 46.1 Å². The highest BCUT2D eigenvalue weighted by atomic mass is 16.5. The summed E-state index contributed by atoms with van der Waals surface area (Å²) in [6.45, 7) is 7.47. The summed E-state index contributed by atoms with van der Waals surface area (Å²) in [5.41, 5.74) is 1.83. The zero-order chi connectivity index (χ0) is 32.1. The van der Waals surface area contributed by atoms with Gasteiger partial charge in [0, 0.05) is 50.8 Å². The van der Waals surface area contributed by atoms with Gasteiger partial charge in [-0.15, -0.1) is 0 Å². The Balaban J connectivity index is 1.31. The molecule has 45 heavy (non-hydrogen) atoms. The van der Waals surface area contributed by atoms with Gasteiger partial charge in [0.05, 0.1) is 36.9 Å². The number of carbonyl (C=O) groups excluding carboxylic acids is 4. The Bertz CT molecular complexity index is 1500. The van der Waals surface area contributed by atoms with Crippen molar-refractivity contribution in [3.05, 3.63) is 89.7 Å². The number of aromatic nitrogens is 2. The van der Waals surface area contributed by atoms with Gasteiger partial charge >= 0.3 is 0 Å². The van der Waals surface area contributed by atoms with E-state index in [1.54, 1.807) is 33.8 Å². The molecular weight excluding hydrogens is 572 g/mol. The molecule has 0 aliphatic carbocycles. The number of ether oxygens (including phenoxy) is 1. The predicted molar refractivity (Wildman–Crippen MR) is 168 cm³/mol. The van der Waals surface area contributed by atoms with Gasteiger partial charge in [-0.3, -0.25) is 23.9 Å². The van der Waals surface area contributed by atoms with Gasteiger partial charge in [-0.2, -0.15) is 5.10 Å². The molecule has 2 fully saturated rings. The second-order valence-corrected chi connectivity index (χ2v) is 12.5. The number of likely N-dealkylation sites (tertiary alicyclic amines) is 2. The molecule has 2 aliphatic rings. The zero-order valence-electron chi connectivity index (χ0n) is 26.3. The van der Waals surface area contributed by atoms with Crippen LogP contribution in [0.25, 0.3) is 0 Å². The fourth-order valence-electron chi connectivity index (χ4n) is 6.26. The van der Waals surface area contributed by atoms with E-state index in [0.29, 0.717) is 31.7 Å². The lowest BCUT2D eigenvalue weighted by Gasteiger charge is -2.51. The Hall–Kier alpha value is -4.51. The third-order valence-electron chi connectivity index (χ3n) is 8.79. The Morgan fingerprint density at radius 1 is 0.933 bits per heavy atom. The van der Waals surface area contributed by atoms with Crippen LogP contribution in [0.15, 0.2) is 73.1 Å². The van der Waals surface area contributed by atoms with Crippen LogP contribution in [0.2, 0.25) is 0 Å². The van der Waals surface area contributed by atoms with Gasteiger partial charge in [-0.25, -0.2) is 0 Å². The summed E-state index contributed by atoms with van der Waals surface area (Å²) in [4.78, 5) is 56.8. The number of carbonyl (C=O) groups is 4. The molecule has 3 atom stereocenters. The Kier molecular flexibility index (Phi) is 9.67. The highest BCUT2D eigenvalue weighted by Gasteiger charge is 2.59. The fourth-order valence-corrected chi connectivity index (χ4v) is 6.26. The lowest BCUT2D eigenvalue weighted by atomic mass is 9.70. The van der Waals surface area contributed by atoms with Crippen molar-refractivity contribution in [1.29, 1.82) is 0 Å². The van der Waals surface area contributed by atoms with Crippen molar-refractivity contribution in [2.75, 3.05) is 33.2 Å². The zero-order valence-corrected chi connectivity index (χ0v) is 26.3. The molecule has 1 spiro atoms. The average molecular weight is 615 g/mol. The number of nitrogens with zero attached hydrogens (tertiary/aromatic N) is 4. The maximum Gasteiger partial charge on any atom is 0.257 e. The standard InChI is InChI=1S/C34H42N6O5/c1-23(2)32(43)39-21-34(22-39)20-38(33(44)27-15-36-40(17-27)16-25-11-7-5-8-12-25)18-28(34)30(41)37-29(31(42)35-4)24(3)45-19-26-13-9-6-10-14-26/h5-15,17,23-24,28-29H,16,18-22H2,1-4H3,(H,35,42)(H,37,41)/t24-,28+,29+/m1/s1. The van der Waals surface area contributed by atoms with Crippen LogP contribution in [0, 0.1) is 17.3 Å². The van der Waals surface area contributed by atoms with E-state index in [-0.39, 0.29) is 42.7 Å². The summed E-state index contributed by atoms with van der Waals surface area (Å²) in [5, 5.41) is 9.95. The van der Waals surface area contributed by atoms with Crippen molar-refractivity contribution >= 4 is 23.6 Å². The van der Waals surface area contributed by atoms with Gasteiger partial charge in [-0.05, 0) is 18.1 Å². The minimum atomic E-state index is -0.947. The topological polar surface area (TPSA) is 126 Å². The molecule has 3 heterocycles. The normalized spacial score (nSPS) is 18.4. The molecule has 0 radical (unpaired) electrons. The Morgan fingerprint density at radius 3 is 2.18 bits per heavy atom. The summed E-state index contributed by atoms with van der Waals surface area (Å²) in [6, 6.07) is 18.5. The van der Waals surface area contributed by atoms with Crippen molar-refractivity contribution in [3.63, 3.8) is 0 Å². The maximum absolute atomic E-state index is 14.0. The van der Waals surface area contributed by atoms with E-state index in [1.165, 1.54) is 7.05 Å². The van der Waals surface area contributed by atoms with Gasteiger partial charge < -0.3 is 25.2 Å². The molecule has 1 aromatic heterocycles. The predicted octanol–water partition coefficient (Wildman–Crippen LogP) is 2.32. The van der Waals surface area contributed by atoms with Gasteiger partial charge in [0.2, 0.25) is 17.7 Å². The van der Waals surface area contributed by atoms with Crippen LogP contribution in [-0.4, -0.2) is 88.6 Å². The van der Waals surface area contributed by atoms with E-state index in [9.17, 15) is 19.2 Å². The summed E-state index contributed by atoms with van der Waals surface area (Å²) in [6.07, 6.45) is 2.65. The Labute approximate surface area is 263 Å². The van der Waals surface area contributed by atoms with Crippen LogP contribution >= 0.6 is 0 Å². The number of hydrogen-bond acceptors (Lipinski definition) is 6. The van der Waals surface area contributed by atoms with Gasteiger partial charge in [0.25, 0.3) is 5.91 Å². The minimum Gasteiger partial charge on any atom is -0.371 e. The number of rotatable bonds is 11. The first kappa shape index (κ1) is 31.9. The highest BCUT2D eigenvalue weighted by Crippen LogP contribution is 2.45. The lowest BCUT2D eigenvalue weighted by molar-refractivity contribution is -0.153. The number of amides is 4. The summed E-state index contributed by atoms with van der Waals surface area (Å²) in [7, 11) is 1.52. The van der Waals surface area contributed by atoms with Gasteiger partial charge in [-0.1, -0.05) is 74.5 Å².